The van der Waals surface area contributed by atoms with Crippen molar-refractivity contribution in [3.8, 4) is 11.4 Å². The van der Waals surface area contributed by atoms with Gasteiger partial charge in [0.25, 0.3) is 0 Å². The Bertz CT molecular complexity index is 1270. The fourth-order valence-electron chi connectivity index (χ4n) is 4.21. The van der Waals surface area contributed by atoms with Crippen LogP contribution in [0.2, 0.25) is 0 Å². The van der Waals surface area contributed by atoms with Crippen molar-refractivity contribution in [3.63, 3.8) is 0 Å². The van der Waals surface area contributed by atoms with E-state index >= 15 is 0 Å². The summed E-state index contributed by atoms with van der Waals surface area (Å²) >= 11 is 0. The lowest BCUT2D eigenvalue weighted by Crippen LogP contribution is -2.23. The molecule has 1 saturated heterocycles. The van der Waals surface area contributed by atoms with Gasteiger partial charge in [-0.05, 0) is 58.5 Å². The highest BCUT2D eigenvalue weighted by atomic mass is 15.3. The number of aromatic nitrogens is 5. The molecular weight excluding hydrogens is 400 g/mol. The third-order valence-electron chi connectivity index (χ3n) is 5.95. The number of benzene rings is 1. The number of likely N-dealkylation sites (N-methyl/N-ethyl adjacent to an activating group) is 1. The Morgan fingerprint density at radius 1 is 0.969 bits per heavy atom. The van der Waals surface area contributed by atoms with E-state index in [-0.39, 0.29) is 0 Å². The van der Waals surface area contributed by atoms with Crippen molar-refractivity contribution in [1.29, 1.82) is 0 Å². The molecule has 0 atom stereocenters. The average molecular weight is 431 g/mol. The summed E-state index contributed by atoms with van der Waals surface area (Å²) in [6.45, 7) is 7.93. The SMILES string of the molecule is Cc1ccc2nc(C)c(-c3cc4nc(N5CCCC5)cc(NCCN(C)C)n4n3)nc2c1. The van der Waals surface area contributed by atoms with Crippen molar-refractivity contribution in [3.05, 3.63) is 41.6 Å². The maximum Gasteiger partial charge on any atom is 0.160 e. The highest BCUT2D eigenvalue weighted by molar-refractivity contribution is 5.79. The Labute approximate surface area is 188 Å². The van der Waals surface area contributed by atoms with Crippen LogP contribution in [0.5, 0.6) is 0 Å². The van der Waals surface area contributed by atoms with E-state index in [4.69, 9.17) is 20.1 Å². The van der Waals surface area contributed by atoms with Gasteiger partial charge >= 0.3 is 0 Å². The molecule has 1 fully saturated rings. The normalized spacial score (nSPS) is 14.2. The van der Waals surface area contributed by atoms with Crippen molar-refractivity contribution in [2.24, 2.45) is 0 Å². The molecule has 0 saturated carbocycles. The molecule has 8 heteroatoms. The van der Waals surface area contributed by atoms with Gasteiger partial charge in [-0.25, -0.2) is 15.0 Å². The van der Waals surface area contributed by atoms with Crippen LogP contribution in [0.4, 0.5) is 11.6 Å². The van der Waals surface area contributed by atoms with E-state index in [0.29, 0.717) is 0 Å². The van der Waals surface area contributed by atoms with Crippen molar-refractivity contribution in [2.75, 3.05) is 50.5 Å². The van der Waals surface area contributed by atoms with Gasteiger partial charge in [0, 0.05) is 38.3 Å². The van der Waals surface area contributed by atoms with Gasteiger partial charge in [-0.15, -0.1) is 0 Å². The van der Waals surface area contributed by atoms with E-state index in [9.17, 15) is 0 Å². The van der Waals surface area contributed by atoms with Gasteiger partial charge in [-0.3, -0.25) is 0 Å². The number of hydrogen-bond donors (Lipinski definition) is 1. The fraction of sp³-hybridized carbons (Fsp3) is 0.417. The first-order chi connectivity index (χ1) is 15.5. The summed E-state index contributed by atoms with van der Waals surface area (Å²) in [4.78, 5) is 19.1. The summed E-state index contributed by atoms with van der Waals surface area (Å²) in [6.07, 6.45) is 2.43. The van der Waals surface area contributed by atoms with Crippen molar-refractivity contribution in [1.82, 2.24) is 29.5 Å². The number of fused-ring (bicyclic) bond motifs is 2. The highest BCUT2D eigenvalue weighted by Gasteiger charge is 2.19. The summed E-state index contributed by atoms with van der Waals surface area (Å²) in [5.74, 6) is 1.96. The van der Waals surface area contributed by atoms with Crippen LogP contribution in [0.25, 0.3) is 28.1 Å². The second-order valence-electron chi connectivity index (χ2n) is 8.87. The van der Waals surface area contributed by atoms with Crippen LogP contribution in [-0.4, -0.2) is 69.7 Å². The van der Waals surface area contributed by atoms with Crippen molar-refractivity contribution >= 4 is 28.3 Å². The van der Waals surface area contributed by atoms with Crippen molar-refractivity contribution in [2.45, 2.75) is 26.7 Å². The number of aryl methyl sites for hydroxylation is 2. The largest absolute Gasteiger partial charge is 0.369 e. The standard InChI is InChI=1S/C24H30N8/c1-16-7-8-18-19(13-16)27-24(17(2)26-18)20-14-23-28-22(31-10-5-6-11-31)15-21(32(23)29-20)25-9-12-30(3)4/h7-8,13-15,25H,5-6,9-12H2,1-4H3. The summed E-state index contributed by atoms with van der Waals surface area (Å²) in [5, 5.41) is 8.45. The predicted octanol–water partition coefficient (Wildman–Crippen LogP) is 3.53. The van der Waals surface area contributed by atoms with Crippen LogP contribution in [0.1, 0.15) is 24.1 Å². The van der Waals surface area contributed by atoms with E-state index in [0.717, 1.165) is 71.6 Å². The molecule has 1 aromatic carbocycles. The van der Waals surface area contributed by atoms with Gasteiger partial charge in [0.1, 0.15) is 23.0 Å². The van der Waals surface area contributed by atoms with Gasteiger partial charge < -0.3 is 15.1 Å². The molecule has 0 amide bonds. The lowest BCUT2D eigenvalue weighted by atomic mass is 10.2. The predicted molar refractivity (Wildman–Crippen MR) is 129 cm³/mol. The molecule has 1 aliphatic rings. The molecule has 0 spiro atoms. The summed E-state index contributed by atoms with van der Waals surface area (Å²) in [6, 6.07) is 10.3. The van der Waals surface area contributed by atoms with Crippen LogP contribution in [0, 0.1) is 13.8 Å². The third-order valence-corrected chi connectivity index (χ3v) is 5.95. The van der Waals surface area contributed by atoms with Crippen LogP contribution in [0.3, 0.4) is 0 Å². The van der Waals surface area contributed by atoms with Crippen LogP contribution >= 0.6 is 0 Å². The summed E-state index contributed by atoms with van der Waals surface area (Å²) in [7, 11) is 4.16. The van der Waals surface area contributed by atoms with Gasteiger partial charge in [-0.2, -0.15) is 9.61 Å². The Hall–Kier alpha value is -3.26. The topological polar surface area (TPSA) is 74.5 Å². The number of rotatable bonds is 6. The van der Waals surface area contributed by atoms with Crippen LogP contribution < -0.4 is 10.2 Å². The lowest BCUT2D eigenvalue weighted by molar-refractivity contribution is 0.425. The van der Waals surface area contributed by atoms with Gasteiger partial charge in [0.05, 0.1) is 16.7 Å². The second kappa shape index (κ2) is 8.35. The maximum absolute atomic E-state index is 4.94. The van der Waals surface area contributed by atoms with E-state index in [1.807, 2.05) is 23.6 Å². The second-order valence-corrected chi connectivity index (χ2v) is 8.87. The van der Waals surface area contributed by atoms with Crippen molar-refractivity contribution < 1.29 is 0 Å². The Morgan fingerprint density at radius 2 is 1.78 bits per heavy atom. The molecule has 0 aliphatic carbocycles. The van der Waals surface area contributed by atoms with E-state index < -0.39 is 0 Å². The molecule has 32 heavy (non-hydrogen) atoms. The first kappa shape index (κ1) is 20.6. The first-order valence-electron chi connectivity index (χ1n) is 11.3. The molecule has 5 rings (SSSR count). The monoisotopic (exact) mass is 430 g/mol. The maximum atomic E-state index is 4.94. The van der Waals surface area contributed by atoms with Crippen LogP contribution in [0.15, 0.2) is 30.3 Å². The number of anilines is 2. The Kier molecular flexibility index (Phi) is 5.38. The molecule has 1 aliphatic heterocycles. The molecule has 8 nitrogen and oxygen atoms in total. The smallest absolute Gasteiger partial charge is 0.160 e. The van der Waals surface area contributed by atoms with E-state index in [1.165, 1.54) is 18.4 Å². The Balaban J connectivity index is 1.60. The van der Waals surface area contributed by atoms with E-state index in [2.05, 4.69) is 54.3 Å². The molecule has 166 valence electrons. The minimum Gasteiger partial charge on any atom is -0.369 e. The zero-order valence-corrected chi connectivity index (χ0v) is 19.3. The van der Waals surface area contributed by atoms with E-state index in [1.54, 1.807) is 0 Å². The van der Waals surface area contributed by atoms with Crippen LogP contribution in [-0.2, 0) is 0 Å². The zero-order chi connectivity index (χ0) is 22.2. The van der Waals surface area contributed by atoms with Gasteiger partial charge in [0.2, 0.25) is 0 Å². The molecule has 4 aromatic rings. The fourth-order valence-corrected chi connectivity index (χ4v) is 4.21. The minimum atomic E-state index is 0.792. The molecule has 4 heterocycles. The van der Waals surface area contributed by atoms with Gasteiger partial charge in [-0.1, -0.05) is 6.07 Å². The average Bonchev–Trinajstić information content (AvgIpc) is 3.43. The molecule has 3 aromatic heterocycles. The summed E-state index contributed by atoms with van der Waals surface area (Å²) < 4.78 is 1.89. The lowest BCUT2D eigenvalue weighted by Gasteiger charge is -2.18. The number of nitrogens with one attached hydrogen (secondary N) is 1. The summed E-state index contributed by atoms with van der Waals surface area (Å²) in [5.41, 5.74) is 6.24. The Morgan fingerprint density at radius 3 is 2.56 bits per heavy atom. The quantitative estimate of drug-likeness (QED) is 0.502. The highest BCUT2D eigenvalue weighted by Crippen LogP contribution is 2.27. The molecule has 0 unspecified atom stereocenters. The molecule has 0 bridgehead atoms. The number of hydrogen-bond acceptors (Lipinski definition) is 7. The first-order valence-corrected chi connectivity index (χ1v) is 11.3. The zero-order valence-electron chi connectivity index (χ0n) is 19.3. The molecule has 1 N–H and O–H groups in total. The number of nitrogens with zero attached hydrogens (tertiary/aromatic N) is 7. The molecule has 0 radical (unpaired) electrons. The minimum absolute atomic E-state index is 0.792. The van der Waals surface area contributed by atoms with Gasteiger partial charge in [0.15, 0.2) is 5.65 Å². The third kappa shape index (κ3) is 3.98. The molecular formula is C24H30N8.